The molecule has 0 bridgehead atoms. The van der Waals surface area contributed by atoms with Crippen molar-refractivity contribution < 1.29 is 18.5 Å². The number of rotatable bonds is 3. The van der Waals surface area contributed by atoms with Crippen molar-refractivity contribution in [3.05, 3.63) is 24.4 Å². The monoisotopic (exact) mass is 208 g/mol. The van der Waals surface area contributed by atoms with Gasteiger partial charge in [0.25, 0.3) is 0 Å². The van der Waals surface area contributed by atoms with E-state index < -0.39 is 5.97 Å². The van der Waals surface area contributed by atoms with Crippen molar-refractivity contribution in [1.29, 1.82) is 0 Å². The van der Waals surface area contributed by atoms with Gasteiger partial charge in [-0.2, -0.15) is 0 Å². The van der Waals surface area contributed by atoms with Crippen molar-refractivity contribution in [2.24, 2.45) is 0 Å². The van der Waals surface area contributed by atoms with Crippen LogP contribution in [0.15, 0.2) is 27.7 Å². The van der Waals surface area contributed by atoms with Crippen LogP contribution in [0.4, 0.5) is 0 Å². The molecule has 2 aromatic heterocycles. The predicted octanol–water partition coefficient (Wildman–Crippen LogP) is 1.51. The minimum atomic E-state index is -0.538. The van der Waals surface area contributed by atoms with E-state index in [1.807, 2.05) is 0 Å². The minimum Gasteiger partial charge on any atom is -0.461 e. The normalized spacial score (nSPS) is 10.2. The van der Waals surface area contributed by atoms with Crippen LogP contribution >= 0.6 is 0 Å². The summed E-state index contributed by atoms with van der Waals surface area (Å²) in [5.41, 5.74) is 0.515. The molecule has 0 aliphatic carbocycles. The van der Waals surface area contributed by atoms with Gasteiger partial charge >= 0.3 is 5.97 Å². The molecule has 15 heavy (non-hydrogen) atoms. The van der Waals surface area contributed by atoms with Crippen molar-refractivity contribution in [1.82, 2.24) is 10.1 Å². The Morgan fingerprint density at radius 2 is 2.47 bits per heavy atom. The standard InChI is InChI=1S/C9H8N2O4/c1-2-13-9(12)7-8(14-5-10-7)6-3-4-15-11-6/h3-5H,2H2,1H3. The highest BCUT2D eigenvalue weighted by molar-refractivity contribution is 5.92. The first kappa shape index (κ1) is 9.45. The summed E-state index contributed by atoms with van der Waals surface area (Å²) in [4.78, 5) is 15.2. The maximum Gasteiger partial charge on any atom is 0.361 e. The number of oxazole rings is 1. The molecule has 0 N–H and O–H groups in total. The molecule has 0 saturated heterocycles. The third kappa shape index (κ3) is 1.74. The molecular formula is C9H8N2O4. The molecule has 2 rings (SSSR count). The van der Waals surface area contributed by atoms with Gasteiger partial charge in [-0.25, -0.2) is 9.78 Å². The summed E-state index contributed by atoms with van der Waals surface area (Å²) < 4.78 is 14.5. The van der Waals surface area contributed by atoms with Crippen LogP contribution in [0.2, 0.25) is 0 Å². The van der Waals surface area contributed by atoms with Gasteiger partial charge in [-0.15, -0.1) is 0 Å². The van der Waals surface area contributed by atoms with E-state index in [1.165, 1.54) is 6.26 Å². The van der Waals surface area contributed by atoms with Crippen LogP contribution in [0, 0.1) is 0 Å². The maximum absolute atomic E-state index is 11.4. The van der Waals surface area contributed by atoms with E-state index in [2.05, 4.69) is 14.7 Å². The quantitative estimate of drug-likeness (QED) is 0.711. The number of hydrogen-bond acceptors (Lipinski definition) is 6. The number of nitrogens with zero attached hydrogens (tertiary/aromatic N) is 2. The fraction of sp³-hybridized carbons (Fsp3) is 0.222. The molecule has 0 fully saturated rings. The second-order valence-electron chi connectivity index (χ2n) is 2.64. The summed E-state index contributed by atoms with van der Waals surface area (Å²) in [6.45, 7) is 2.00. The van der Waals surface area contributed by atoms with E-state index in [4.69, 9.17) is 9.15 Å². The molecule has 0 aliphatic rings. The van der Waals surface area contributed by atoms with E-state index in [1.54, 1.807) is 13.0 Å². The number of esters is 1. The van der Waals surface area contributed by atoms with Gasteiger partial charge in [-0.1, -0.05) is 5.16 Å². The lowest BCUT2D eigenvalue weighted by molar-refractivity contribution is 0.0520. The Bertz CT molecular complexity index is 446. The molecule has 6 nitrogen and oxygen atoms in total. The molecule has 0 atom stereocenters. The summed E-state index contributed by atoms with van der Waals surface area (Å²) in [6, 6.07) is 1.57. The van der Waals surface area contributed by atoms with Crippen molar-refractivity contribution in [3.8, 4) is 11.5 Å². The van der Waals surface area contributed by atoms with Gasteiger partial charge in [0.15, 0.2) is 23.5 Å². The molecule has 2 heterocycles. The van der Waals surface area contributed by atoms with Crippen molar-refractivity contribution in [2.45, 2.75) is 6.92 Å². The first-order chi connectivity index (χ1) is 7.33. The van der Waals surface area contributed by atoms with Gasteiger partial charge in [0.2, 0.25) is 0 Å². The Labute approximate surface area is 84.8 Å². The summed E-state index contributed by atoms with van der Waals surface area (Å²) >= 11 is 0. The first-order valence-electron chi connectivity index (χ1n) is 4.34. The number of carbonyl (C=O) groups excluding carboxylic acids is 1. The highest BCUT2D eigenvalue weighted by Crippen LogP contribution is 2.21. The van der Waals surface area contributed by atoms with Gasteiger partial charge in [-0.3, -0.25) is 0 Å². The largest absolute Gasteiger partial charge is 0.461 e. The Morgan fingerprint density at radius 1 is 1.60 bits per heavy atom. The Kier molecular flexibility index (Phi) is 2.49. The fourth-order valence-electron chi connectivity index (χ4n) is 1.10. The Hall–Kier alpha value is -2.11. The lowest BCUT2D eigenvalue weighted by Gasteiger charge is -1.97. The van der Waals surface area contributed by atoms with Gasteiger partial charge in [-0.05, 0) is 6.92 Å². The highest BCUT2D eigenvalue weighted by Gasteiger charge is 2.20. The second kappa shape index (κ2) is 3.95. The lowest BCUT2D eigenvalue weighted by Crippen LogP contribution is -2.06. The molecular weight excluding hydrogens is 200 g/mol. The topological polar surface area (TPSA) is 78.4 Å². The molecule has 0 saturated carbocycles. The molecule has 0 aromatic carbocycles. The van der Waals surface area contributed by atoms with Crippen LogP contribution < -0.4 is 0 Å². The van der Waals surface area contributed by atoms with Gasteiger partial charge in [0.05, 0.1) is 6.61 Å². The van der Waals surface area contributed by atoms with E-state index in [0.29, 0.717) is 5.69 Å². The summed E-state index contributed by atoms with van der Waals surface area (Å²) in [5.74, 6) is -0.286. The fourth-order valence-corrected chi connectivity index (χ4v) is 1.10. The molecule has 0 unspecified atom stereocenters. The van der Waals surface area contributed by atoms with Crippen molar-refractivity contribution >= 4 is 5.97 Å². The van der Waals surface area contributed by atoms with Crippen LogP contribution in [-0.2, 0) is 4.74 Å². The van der Waals surface area contributed by atoms with Crippen LogP contribution in [-0.4, -0.2) is 22.7 Å². The number of carbonyl (C=O) groups is 1. The number of hydrogen-bond donors (Lipinski definition) is 0. The van der Waals surface area contributed by atoms with Crippen LogP contribution in [0.5, 0.6) is 0 Å². The van der Waals surface area contributed by atoms with Crippen LogP contribution in [0.25, 0.3) is 11.5 Å². The van der Waals surface area contributed by atoms with E-state index in [0.717, 1.165) is 6.39 Å². The van der Waals surface area contributed by atoms with Crippen molar-refractivity contribution in [3.63, 3.8) is 0 Å². The maximum atomic E-state index is 11.4. The summed E-state index contributed by atoms with van der Waals surface area (Å²) in [5, 5.41) is 3.65. The molecule has 0 aliphatic heterocycles. The zero-order valence-electron chi connectivity index (χ0n) is 7.97. The zero-order chi connectivity index (χ0) is 10.7. The van der Waals surface area contributed by atoms with Crippen molar-refractivity contribution in [2.75, 3.05) is 6.61 Å². The van der Waals surface area contributed by atoms with Gasteiger partial charge in [0.1, 0.15) is 6.26 Å². The zero-order valence-corrected chi connectivity index (χ0v) is 7.97. The van der Waals surface area contributed by atoms with Gasteiger partial charge in [0, 0.05) is 6.07 Å². The molecule has 0 amide bonds. The van der Waals surface area contributed by atoms with Gasteiger partial charge < -0.3 is 13.7 Å². The Morgan fingerprint density at radius 3 is 3.13 bits per heavy atom. The first-order valence-corrected chi connectivity index (χ1v) is 4.34. The minimum absolute atomic E-state index is 0.103. The molecule has 6 heteroatoms. The third-order valence-corrected chi connectivity index (χ3v) is 1.71. The van der Waals surface area contributed by atoms with E-state index in [9.17, 15) is 4.79 Å². The molecule has 2 aromatic rings. The molecule has 78 valence electrons. The van der Waals surface area contributed by atoms with E-state index in [-0.39, 0.29) is 18.1 Å². The Balaban J connectivity index is 2.34. The molecule has 0 spiro atoms. The number of aromatic nitrogens is 2. The third-order valence-electron chi connectivity index (χ3n) is 1.71. The van der Waals surface area contributed by atoms with Crippen LogP contribution in [0.1, 0.15) is 17.4 Å². The average Bonchev–Trinajstić information content (AvgIpc) is 2.88. The SMILES string of the molecule is CCOC(=O)c1ncoc1-c1ccon1. The smallest absolute Gasteiger partial charge is 0.361 e. The lowest BCUT2D eigenvalue weighted by atomic mass is 10.3. The second-order valence-corrected chi connectivity index (χ2v) is 2.64. The number of ether oxygens (including phenoxy) is 1. The van der Waals surface area contributed by atoms with Crippen LogP contribution in [0.3, 0.4) is 0 Å². The highest BCUT2D eigenvalue weighted by atomic mass is 16.5. The average molecular weight is 208 g/mol. The summed E-state index contributed by atoms with van der Waals surface area (Å²) in [6.07, 6.45) is 2.54. The predicted molar refractivity (Wildman–Crippen MR) is 48.0 cm³/mol. The summed E-state index contributed by atoms with van der Waals surface area (Å²) in [7, 11) is 0. The van der Waals surface area contributed by atoms with E-state index >= 15 is 0 Å². The molecule has 0 radical (unpaired) electrons.